The summed E-state index contributed by atoms with van der Waals surface area (Å²) in [6.07, 6.45) is -14.5. The topological polar surface area (TPSA) is 192 Å². The van der Waals surface area contributed by atoms with E-state index in [2.05, 4.69) is 10.2 Å². The normalized spacial score (nSPS) is 22.6. The number of hydrogen-bond donors (Lipinski definition) is 2. The average Bonchev–Trinajstić information content (AvgIpc) is 3.47. The maximum Gasteiger partial charge on any atom is 0.438 e. The van der Waals surface area contributed by atoms with Gasteiger partial charge >= 0.3 is 24.2 Å². The lowest BCUT2D eigenvalue weighted by Gasteiger charge is -2.35. The molecule has 0 radical (unpaired) electrons. The summed E-state index contributed by atoms with van der Waals surface area (Å²) < 4.78 is 83.6. The molecule has 0 aliphatic carbocycles. The number of hydrogen-bond acceptors (Lipinski definition) is 10. The van der Waals surface area contributed by atoms with E-state index < -0.39 is 91.1 Å². The number of alkyl halides is 6. The van der Waals surface area contributed by atoms with Crippen LogP contribution in [0.25, 0.3) is 0 Å². The molecule has 2 aliphatic rings. The van der Waals surface area contributed by atoms with Crippen molar-refractivity contribution in [2.75, 3.05) is 0 Å². The van der Waals surface area contributed by atoms with Crippen molar-refractivity contribution in [1.29, 1.82) is 0 Å². The smallest absolute Gasteiger partial charge is 0.362 e. The van der Waals surface area contributed by atoms with Gasteiger partial charge in [-0.2, -0.15) is 46.6 Å². The van der Waals surface area contributed by atoms with Crippen LogP contribution in [0, 0.1) is 20.2 Å². The summed E-state index contributed by atoms with van der Waals surface area (Å²) in [4.78, 5) is 45.9. The largest absolute Gasteiger partial charge is 0.438 e. The molecule has 2 atom stereocenters. The Balaban J connectivity index is 1.74. The third-order valence-corrected chi connectivity index (χ3v) is 6.27. The van der Waals surface area contributed by atoms with E-state index in [1.165, 1.54) is 0 Å². The number of nitro groups is 2. The highest BCUT2D eigenvalue weighted by Crippen LogP contribution is 2.44. The Kier molecular flexibility index (Phi) is 7.02. The number of aliphatic hydroxyl groups is 2. The van der Waals surface area contributed by atoms with Gasteiger partial charge in [-0.3, -0.25) is 29.8 Å². The number of benzene rings is 2. The average molecular weight is 604 g/mol. The van der Waals surface area contributed by atoms with Crippen molar-refractivity contribution in [1.82, 2.24) is 10.0 Å². The number of carbonyl (C=O) groups is 2. The van der Waals surface area contributed by atoms with Crippen molar-refractivity contribution in [3.63, 3.8) is 0 Å². The van der Waals surface area contributed by atoms with Gasteiger partial charge in [0.1, 0.15) is 0 Å². The summed E-state index contributed by atoms with van der Waals surface area (Å²) in [7, 11) is 0. The maximum atomic E-state index is 13.9. The number of hydrazone groups is 2. The van der Waals surface area contributed by atoms with Gasteiger partial charge in [-0.1, -0.05) is 0 Å². The molecule has 2 amide bonds. The van der Waals surface area contributed by atoms with Crippen molar-refractivity contribution >= 4 is 34.6 Å². The minimum Gasteiger partial charge on any atom is -0.362 e. The predicted octanol–water partition coefficient (Wildman–Crippen LogP) is 2.58. The third-order valence-electron chi connectivity index (χ3n) is 6.27. The number of nitro benzene ring substituents is 2. The molecule has 2 unspecified atom stereocenters. The van der Waals surface area contributed by atoms with Crippen LogP contribution in [0.2, 0.25) is 0 Å². The van der Waals surface area contributed by atoms with Crippen LogP contribution >= 0.6 is 0 Å². The summed E-state index contributed by atoms with van der Waals surface area (Å²) in [5, 5.41) is 47.5. The first-order valence-corrected chi connectivity index (χ1v) is 11.2. The van der Waals surface area contributed by atoms with E-state index in [0.29, 0.717) is 0 Å². The van der Waals surface area contributed by atoms with Gasteiger partial charge in [-0.25, -0.2) is 0 Å². The number of carbonyl (C=O) groups excluding carboxylic acids is 2. The Morgan fingerprint density at radius 1 is 0.690 bits per heavy atom. The molecule has 222 valence electrons. The van der Waals surface area contributed by atoms with E-state index in [0.717, 1.165) is 48.5 Å². The van der Waals surface area contributed by atoms with E-state index in [9.17, 15) is 66.4 Å². The van der Waals surface area contributed by atoms with E-state index in [4.69, 9.17) is 0 Å². The van der Waals surface area contributed by atoms with E-state index in [-0.39, 0.29) is 11.1 Å². The van der Waals surface area contributed by atoms with Crippen molar-refractivity contribution < 1.29 is 56.0 Å². The van der Waals surface area contributed by atoms with Crippen LogP contribution in [0.4, 0.5) is 37.7 Å². The lowest BCUT2D eigenvalue weighted by molar-refractivity contribution is -0.385. The molecule has 2 aliphatic heterocycles. The number of halogens is 6. The zero-order valence-corrected chi connectivity index (χ0v) is 20.3. The van der Waals surface area contributed by atoms with Crippen LogP contribution in [0.5, 0.6) is 0 Å². The fraction of sp³-hybridized carbons (Fsp3) is 0.273. The first kappa shape index (κ1) is 30.0. The van der Waals surface area contributed by atoms with Gasteiger partial charge < -0.3 is 10.2 Å². The molecule has 0 saturated heterocycles. The molecule has 0 spiro atoms. The molecule has 20 heteroatoms. The molecule has 0 fully saturated rings. The highest BCUT2D eigenvalue weighted by molar-refractivity contribution is 6.36. The maximum absolute atomic E-state index is 13.9. The van der Waals surface area contributed by atoms with Crippen LogP contribution in [-0.4, -0.2) is 77.1 Å². The lowest BCUT2D eigenvalue weighted by atomic mass is 10.00. The Morgan fingerprint density at radius 3 is 1.21 bits per heavy atom. The number of nitrogens with zero attached hydrogens (tertiary/aromatic N) is 6. The molecule has 2 aromatic carbocycles. The quantitative estimate of drug-likeness (QED) is 0.230. The second kappa shape index (κ2) is 9.83. The Bertz CT molecular complexity index is 1430. The second-order valence-corrected chi connectivity index (χ2v) is 8.92. The fourth-order valence-electron chi connectivity index (χ4n) is 4.01. The summed E-state index contributed by atoms with van der Waals surface area (Å²) in [5.74, 6) is -4.94. The minimum absolute atomic E-state index is 0.266. The monoisotopic (exact) mass is 604 g/mol. The molecule has 0 saturated carbocycles. The Hall–Kier alpha value is -4.98. The van der Waals surface area contributed by atoms with Crippen molar-refractivity contribution in [2.24, 2.45) is 10.2 Å². The second-order valence-electron chi connectivity index (χ2n) is 8.92. The third kappa shape index (κ3) is 4.89. The van der Waals surface area contributed by atoms with Crippen molar-refractivity contribution in [3.8, 4) is 0 Å². The Morgan fingerprint density at radius 2 is 0.976 bits per heavy atom. The SMILES string of the molecule is O=C(C(=O)N1N=C(c2ccc([N+](=O)[O-])cc2)CC1(O)C(F)(F)F)N1N=C(c2ccc([N+](=O)[O-])cc2)CC1(O)C(F)(F)F. The van der Waals surface area contributed by atoms with Gasteiger partial charge in [0, 0.05) is 24.3 Å². The first-order chi connectivity index (χ1) is 19.3. The van der Waals surface area contributed by atoms with Gasteiger partial charge in [0.2, 0.25) is 0 Å². The molecule has 14 nitrogen and oxygen atoms in total. The highest BCUT2D eigenvalue weighted by Gasteiger charge is 2.67. The minimum atomic E-state index is -5.73. The van der Waals surface area contributed by atoms with Crippen molar-refractivity contribution in [2.45, 2.75) is 36.6 Å². The van der Waals surface area contributed by atoms with Gasteiger partial charge in [0.25, 0.3) is 22.8 Å². The standard InChI is InChI=1S/C22H14F6N6O8/c23-21(24,25)19(37)9-15(11-1-5-13(6-2-11)33(39)40)29-31(19)17(35)18(36)32-20(38,22(26,27)28)10-16(30-32)12-3-7-14(8-4-12)34(41)42/h1-8,37-38H,9-10H2. The summed E-state index contributed by atoms with van der Waals surface area (Å²) in [6, 6.07) is 7.15. The molecule has 42 heavy (non-hydrogen) atoms. The van der Waals surface area contributed by atoms with Gasteiger partial charge in [0.15, 0.2) is 0 Å². The number of non-ortho nitro benzene ring substituents is 2. The first-order valence-electron chi connectivity index (χ1n) is 11.2. The number of rotatable bonds is 4. The van der Waals surface area contributed by atoms with Crippen LogP contribution in [0.15, 0.2) is 58.7 Å². The molecule has 2 aromatic rings. The van der Waals surface area contributed by atoms with Crippen molar-refractivity contribution in [3.05, 3.63) is 79.9 Å². The molecular formula is C22H14F6N6O8. The van der Waals surface area contributed by atoms with Crippen LogP contribution in [0.1, 0.15) is 24.0 Å². The zero-order valence-electron chi connectivity index (χ0n) is 20.3. The summed E-state index contributed by atoms with van der Waals surface area (Å²) in [5.41, 5.74) is -11.4. The van der Waals surface area contributed by atoms with E-state index >= 15 is 0 Å². The summed E-state index contributed by atoms with van der Waals surface area (Å²) in [6.45, 7) is 0. The molecular weight excluding hydrogens is 590 g/mol. The molecule has 0 bridgehead atoms. The van der Waals surface area contributed by atoms with Crippen LogP contribution in [-0.2, 0) is 9.59 Å². The Labute approximate surface area is 228 Å². The van der Waals surface area contributed by atoms with E-state index in [1.54, 1.807) is 0 Å². The molecule has 2 heterocycles. The lowest BCUT2D eigenvalue weighted by Crippen LogP contribution is -2.63. The van der Waals surface area contributed by atoms with Gasteiger partial charge in [0.05, 0.1) is 34.1 Å². The highest BCUT2D eigenvalue weighted by atomic mass is 19.4. The fourth-order valence-corrected chi connectivity index (χ4v) is 4.01. The molecule has 4 rings (SSSR count). The zero-order chi connectivity index (χ0) is 31.4. The molecule has 0 aromatic heterocycles. The van der Waals surface area contributed by atoms with E-state index in [1.807, 2.05) is 0 Å². The van der Waals surface area contributed by atoms with Crippen LogP contribution in [0.3, 0.4) is 0 Å². The van der Waals surface area contributed by atoms with Gasteiger partial charge in [-0.05, 0) is 35.4 Å². The molecule has 2 N–H and O–H groups in total. The van der Waals surface area contributed by atoms with Crippen LogP contribution < -0.4 is 0 Å². The number of amides is 2. The summed E-state index contributed by atoms with van der Waals surface area (Å²) >= 11 is 0. The predicted molar refractivity (Wildman–Crippen MR) is 124 cm³/mol. The van der Waals surface area contributed by atoms with Gasteiger partial charge in [-0.15, -0.1) is 0 Å².